The van der Waals surface area contributed by atoms with Crippen molar-refractivity contribution >= 4 is 34.2 Å². The van der Waals surface area contributed by atoms with Gasteiger partial charge in [0.05, 0.1) is 6.61 Å². The van der Waals surface area contributed by atoms with Gasteiger partial charge in [-0.3, -0.25) is 0 Å². The number of aromatic nitrogens is 2. The Morgan fingerprint density at radius 2 is 1.88 bits per heavy atom. The Balaban J connectivity index is 2.33. The van der Waals surface area contributed by atoms with E-state index in [1.54, 1.807) is 11.9 Å². The van der Waals surface area contributed by atoms with Crippen LogP contribution < -0.4 is 9.64 Å². The summed E-state index contributed by atoms with van der Waals surface area (Å²) in [6.45, 7) is 2.12. The number of hydrogen-bond donors (Lipinski definition) is 0. The van der Waals surface area contributed by atoms with Crippen LogP contribution in [0.15, 0.2) is 30.5 Å². The maximum Gasteiger partial charge on any atom is 0.423 e. The Kier molecular flexibility index (Phi) is 6.25. The second-order valence-corrected chi connectivity index (χ2v) is 6.37. The zero-order chi connectivity index (χ0) is 17.7. The number of ether oxygens (including phenoxy) is 1. The average molecular weight is 451 g/mol. The van der Waals surface area contributed by atoms with E-state index in [9.17, 15) is 13.2 Å². The van der Waals surface area contributed by atoms with Gasteiger partial charge >= 0.3 is 6.18 Å². The summed E-state index contributed by atoms with van der Waals surface area (Å²) in [6, 6.07) is 7.49. The molecule has 0 unspecified atom stereocenters. The van der Waals surface area contributed by atoms with Crippen molar-refractivity contribution in [1.82, 2.24) is 9.97 Å². The van der Waals surface area contributed by atoms with Gasteiger partial charge in [-0.1, -0.05) is 13.3 Å². The van der Waals surface area contributed by atoms with Crippen molar-refractivity contribution in [3.63, 3.8) is 0 Å². The zero-order valence-corrected chi connectivity index (χ0v) is 15.4. The Morgan fingerprint density at radius 3 is 2.46 bits per heavy atom. The summed E-state index contributed by atoms with van der Waals surface area (Å²) in [5.41, 5.74) is -0.187. The van der Waals surface area contributed by atoms with Crippen LogP contribution in [-0.2, 0) is 6.18 Å². The standard InChI is InChI=1S/C16H17F3IN3O/c1-3-4-9-24-14-13(16(17,18)19)10-21-15(22-14)23(2)12-7-5-11(20)6-8-12/h5-8,10H,3-4,9H2,1-2H3. The van der Waals surface area contributed by atoms with E-state index in [-0.39, 0.29) is 12.6 Å². The van der Waals surface area contributed by atoms with Gasteiger partial charge in [0.2, 0.25) is 11.8 Å². The molecule has 0 N–H and O–H groups in total. The molecule has 0 aliphatic heterocycles. The average Bonchev–Trinajstić information content (AvgIpc) is 2.54. The summed E-state index contributed by atoms with van der Waals surface area (Å²) in [5, 5.41) is 0. The summed E-state index contributed by atoms with van der Waals surface area (Å²) in [7, 11) is 1.70. The minimum atomic E-state index is -4.55. The molecular formula is C16H17F3IN3O. The van der Waals surface area contributed by atoms with E-state index in [2.05, 4.69) is 32.6 Å². The van der Waals surface area contributed by atoms with Gasteiger partial charge in [0.1, 0.15) is 5.56 Å². The van der Waals surface area contributed by atoms with Gasteiger partial charge in [0.25, 0.3) is 0 Å². The Hall–Kier alpha value is -1.58. The van der Waals surface area contributed by atoms with Gasteiger partial charge < -0.3 is 9.64 Å². The Labute approximate surface area is 152 Å². The molecule has 1 aromatic carbocycles. The first-order chi connectivity index (χ1) is 11.3. The molecule has 130 valence electrons. The number of nitrogens with zero attached hydrogens (tertiary/aromatic N) is 3. The molecule has 24 heavy (non-hydrogen) atoms. The SMILES string of the molecule is CCCCOc1nc(N(C)c2ccc(I)cc2)ncc1C(F)(F)F. The summed E-state index contributed by atoms with van der Waals surface area (Å²) in [4.78, 5) is 9.44. The Bertz CT molecular complexity index is 677. The molecule has 0 bridgehead atoms. The summed E-state index contributed by atoms with van der Waals surface area (Å²) >= 11 is 2.18. The van der Waals surface area contributed by atoms with Crippen LogP contribution >= 0.6 is 22.6 Å². The lowest BCUT2D eigenvalue weighted by Gasteiger charge is -2.19. The van der Waals surface area contributed by atoms with Crippen molar-refractivity contribution in [3.8, 4) is 5.88 Å². The molecule has 0 saturated heterocycles. The molecule has 0 amide bonds. The molecule has 2 rings (SSSR count). The number of unbranched alkanes of at least 4 members (excludes halogenated alkanes) is 1. The highest BCUT2D eigenvalue weighted by Crippen LogP contribution is 2.36. The van der Waals surface area contributed by atoms with Gasteiger partial charge in [-0.05, 0) is 53.3 Å². The molecule has 0 aliphatic carbocycles. The summed E-state index contributed by atoms with van der Waals surface area (Å²) in [6.07, 6.45) is -2.31. The highest BCUT2D eigenvalue weighted by Gasteiger charge is 2.36. The third kappa shape index (κ3) is 4.71. The minimum absolute atomic E-state index is 0.149. The molecule has 0 spiro atoms. The smallest absolute Gasteiger partial charge is 0.423 e. The van der Waals surface area contributed by atoms with Crippen molar-refractivity contribution in [2.75, 3.05) is 18.6 Å². The highest BCUT2D eigenvalue weighted by molar-refractivity contribution is 14.1. The van der Waals surface area contributed by atoms with E-state index in [1.165, 1.54) is 0 Å². The van der Waals surface area contributed by atoms with E-state index in [0.29, 0.717) is 6.42 Å². The van der Waals surface area contributed by atoms with Gasteiger partial charge in [-0.15, -0.1) is 0 Å². The monoisotopic (exact) mass is 451 g/mol. The molecule has 0 radical (unpaired) electrons. The Morgan fingerprint density at radius 1 is 1.21 bits per heavy atom. The maximum absolute atomic E-state index is 13.1. The highest BCUT2D eigenvalue weighted by atomic mass is 127. The van der Waals surface area contributed by atoms with E-state index in [0.717, 1.165) is 21.9 Å². The van der Waals surface area contributed by atoms with Crippen molar-refractivity contribution in [2.24, 2.45) is 0 Å². The molecule has 0 atom stereocenters. The number of halogens is 4. The van der Waals surface area contributed by atoms with Crippen molar-refractivity contribution in [3.05, 3.63) is 39.6 Å². The van der Waals surface area contributed by atoms with Crippen LogP contribution in [0.5, 0.6) is 5.88 Å². The fourth-order valence-corrected chi connectivity index (χ4v) is 2.28. The van der Waals surface area contributed by atoms with Crippen LogP contribution in [0.4, 0.5) is 24.8 Å². The first-order valence-corrected chi connectivity index (χ1v) is 8.47. The number of hydrogen-bond acceptors (Lipinski definition) is 4. The van der Waals surface area contributed by atoms with Crippen LogP contribution in [-0.4, -0.2) is 23.6 Å². The predicted octanol–water partition coefficient (Wildman–Crippen LogP) is 5.05. The van der Waals surface area contributed by atoms with E-state index in [4.69, 9.17) is 4.74 Å². The lowest BCUT2D eigenvalue weighted by Crippen LogP contribution is -2.17. The maximum atomic E-state index is 13.1. The van der Waals surface area contributed by atoms with Crippen LogP contribution in [0.3, 0.4) is 0 Å². The quantitative estimate of drug-likeness (QED) is 0.456. The van der Waals surface area contributed by atoms with E-state index in [1.807, 2.05) is 31.2 Å². The molecular weight excluding hydrogens is 434 g/mol. The molecule has 2 aromatic rings. The van der Waals surface area contributed by atoms with Crippen LogP contribution in [0.25, 0.3) is 0 Å². The lowest BCUT2D eigenvalue weighted by molar-refractivity contribution is -0.139. The fourth-order valence-electron chi connectivity index (χ4n) is 1.92. The third-order valence-corrected chi connectivity index (χ3v) is 4.02. The first kappa shape index (κ1) is 18.8. The van der Waals surface area contributed by atoms with Crippen LogP contribution in [0, 0.1) is 3.57 Å². The van der Waals surface area contributed by atoms with Gasteiger partial charge in [-0.2, -0.15) is 18.2 Å². The molecule has 8 heteroatoms. The first-order valence-electron chi connectivity index (χ1n) is 7.39. The normalized spacial score (nSPS) is 11.4. The van der Waals surface area contributed by atoms with Crippen molar-refractivity contribution in [2.45, 2.75) is 25.9 Å². The molecule has 0 saturated carbocycles. The van der Waals surface area contributed by atoms with Crippen LogP contribution in [0.1, 0.15) is 25.3 Å². The fraction of sp³-hybridized carbons (Fsp3) is 0.375. The lowest BCUT2D eigenvalue weighted by atomic mass is 10.3. The van der Waals surface area contributed by atoms with E-state index >= 15 is 0 Å². The second kappa shape index (κ2) is 8.00. The third-order valence-electron chi connectivity index (χ3n) is 3.30. The number of rotatable bonds is 6. The predicted molar refractivity (Wildman–Crippen MR) is 94.7 cm³/mol. The van der Waals surface area contributed by atoms with Gasteiger partial charge in [0, 0.05) is 22.5 Å². The van der Waals surface area contributed by atoms with Gasteiger partial charge in [-0.25, -0.2) is 4.98 Å². The summed E-state index contributed by atoms with van der Waals surface area (Å²) in [5.74, 6) is -0.283. The molecule has 0 aliphatic rings. The minimum Gasteiger partial charge on any atom is -0.477 e. The molecule has 0 fully saturated rings. The zero-order valence-electron chi connectivity index (χ0n) is 13.3. The second-order valence-electron chi connectivity index (χ2n) is 5.12. The van der Waals surface area contributed by atoms with Crippen LogP contribution in [0.2, 0.25) is 0 Å². The molecule has 4 nitrogen and oxygen atoms in total. The topological polar surface area (TPSA) is 38.2 Å². The van der Waals surface area contributed by atoms with Crippen molar-refractivity contribution < 1.29 is 17.9 Å². The van der Waals surface area contributed by atoms with Crippen molar-refractivity contribution in [1.29, 1.82) is 0 Å². The number of anilines is 2. The number of benzene rings is 1. The molecule has 1 aromatic heterocycles. The van der Waals surface area contributed by atoms with Gasteiger partial charge in [0.15, 0.2) is 0 Å². The molecule has 1 heterocycles. The number of alkyl halides is 3. The van der Waals surface area contributed by atoms with E-state index < -0.39 is 17.6 Å². The largest absolute Gasteiger partial charge is 0.477 e. The summed E-state index contributed by atoms with van der Waals surface area (Å²) < 4.78 is 45.6.